The van der Waals surface area contributed by atoms with Crippen molar-refractivity contribution in [2.24, 2.45) is 11.3 Å². The van der Waals surface area contributed by atoms with E-state index in [4.69, 9.17) is 0 Å². The van der Waals surface area contributed by atoms with Crippen molar-refractivity contribution in [1.82, 2.24) is 0 Å². The van der Waals surface area contributed by atoms with Crippen molar-refractivity contribution < 1.29 is 4.39 Å². The molecular formula is C12H23F. The van der Waals surface area contributed by atoms with Crippen LogP contribution in [0.5, 0.6) is 0 Å². The maximum absolute atomic E-state index is 14.3. The Labute approximate surface area is 81.9 Å². The van der Waals surface area contributed by atoms with Crippen LogP contribution in [0.1, 0.15) is 59.8 Å². The molecule has 13 heavy (non-hydrogen) atoms. The van der Waals surface area contributed by atoms with Crippen LogP contribution < -0.4 is 0 Å². The standard InChI is InChI=1S/C12H23F/c1-5-6-12(13)8-7-11(3,4)9-10(12)2/h10H,5-9H2,1-4H3. The highest BCUT2D eigenvalue weighted by atomic mass is 19.1. The molecule has 1 aliphatic carbocycles. The first kappa shape index (κ1) is 11.0. The smallest absolute Gasteiger partial charge is 0.113 e. The van der Waals surface area contributed by atoms with Gasteiger partial charge in [0, 0.05) is 0 Å². The number of hydrogen-bond donors (Lipinski definition) is 0. The predicted octanol–water partition coefficient (Wildman–Crippen LogP) is 4.34. The summed E-state index contributed by atoms with van der Waals surface area (Å²) in [4.78, 5) is 0. The van der Waals surface area contributed by atoms with Crippen molar-refractivity contribution in [1.29, 1.82) is 0 Å². The maximum atomic E-state index is 14.3. The Morgan fingerprint density at radius 3 is 2.38 bits per heavy atom. The molecule has 2 atom stereocenters. The molecule has 0 nitrogen and oxygen atoms in total. The lowest BCUT2D eigenvalue weighted by Gasteiger charge is -2.43. The van der Waals surface area contributed by atoms with Crippen LogP contribution in [-0.4, -0.2) is 5.67 Å². The van der Waals surface area contributed by atoms with E-state index >= 15 is 0 Å². The van der Waals surface area contributed by atoms with Crippen molar-refractivity contribution in [3.63, 3.8) is 0 Å². The Morgan fingerprint density at radius 2 is 1.92 bits per heavy atom. The molecule has 0 spiro atoms. The van der Waals surface area contributed by atoms with Gasteiger partial charge in [-0.3, -0.25) is 0 Å². The first-order valence-corrected chi connectivity index (χ1v) is 5.58. The van der Waals surface area contributed by atoms with Gasteiger partial charge in [0.1, 0.15) is 5.67 Å². The topological polar surface area (TPSA) is 0 Å². The molecule has 0 aliphatic heterocycles. The Balaban J connectivity index is 2.62. The van der Waals surface area contributed by atoms with Crippen molar-refractivity contribution in [2.75, 3.05) is 0 Å². The average Bonchev–Trinajstić information content (AvgIpc) is 1.99. The van der Waals surface area contributed by atoms with E-state index in [-0.39, 0.29) is 5.92 Å². The number of hydrogen-bond acceptors (Lipinski definition) is 0. The molecule has 78 valence electrons. The van der Waals surface area contributed by atoms with Gasteiger partial charge in [-0.25, -0.2) is 4.39 Å². The molecule has 0 aromatic heterocycles. The minimum Gasteiger partial charge on any atom is -0.244 e. The minimum atomic E-state index is -0.857. The average molecular weight is 186 g/mol. The first-order chi connectivity index (χ1) is 5.90. The summed E-state index contributed by atoms with van der Waals surface area (Å²) in [6.45, 7) is 8.68. The summed E-state index contributed by atoms with van der Waals surface area (Å²) in [7, 11) is 0. The van der Waals surface area contributed by atoms with Gasteiger partial charge in [0.2, 0.25) is 0 Å². The van der Waals surface area contributed by atoms with Gasteiger partial charge >= 0.3 is 0 Å². The Kier molecular flexibility index (Phi) is 3.04. The fourth-order valence-electron chi connectivity index (χ4n) is 2.69. The largest absolute Gasteiger partial charge is 0.244 e. The second kappa shape index (κ2) is 3.59. The lowest BCUT2D eigenvalue weighted by Crippen LogP contribution is -2.40. The molecule has 1 saturated carbocycles. The van der Waals surface area contributed by atoms with Gasteiger partial charge in [-0.1, -0.05) is 34.1 Å². The zero-order chi connectivity index (χ0) is 10.1. The molecule has 1 heteroatoms. The quantitative estimate of drug-likeness (QED) is 0.601. The van der Waals surface area contributed by atoms with Crippen LogP contribution in [0.2, 0.25) is 0 Å². The normalized spacial score (nSPS) is 39.0. The molecule has 2 unspecified atom stereocenters. The zero-order valence-electron chi connectivity index (χ0n) is 9.49. The van der Waals surface area contributed by atoms with Crippen LogP contribution >= 0.6 is 0 Å². The highest BCUT2D eigenvalue weighted by Gasteiger charge is 2.43. The number of alkyl halides is 1. The van der Waals surface area contributed by atoms with Crippen LogP contribution in [0.3, 0.4) is 0 Å². The molecule has 1 aliphatic rings. The van der Waals surface area contributed by atoms with E-state index in [1.807, 2.05) is 0 Å². The van der Waals surface area contributed by atoms with Gasteiger partial charge in [0.15, 0.2) is 0 Å². The monoisotopic (exact) mass is 186 g/mol. The van der Waals surface area contributed by atoms with Crippen LogP contribution in [-0.2, 0) is 0 Å². The molecule has 0 aromatic rings. The Bertz CT molecular complexity index is 174. The van der Waals surface area contributed by atoms with Crippen LogP contribution in [0.25, 0.3) is 0 Å². The highest BCUT2D eigenvalue weighted by Crippen LogP contribution is 2.47. The summed E-state index contributed by atoms with van der Waals surface area (Å²) in [5, 5.41) is 0. The van der Waals surface area contributed by atoms with Crippen LogP contribution in [0.15, 0.2) is 0 Å². The number of rotatable bonds is 2. The molecule has 0 heterocycles. The van der Waals surface area contributed by atoms with E-state index in [1.165, 1.54) is 0 Å². The third kappa shape index (κ3) is 2.45. The van der Waals surface area contributed by atoms with Crippen LogP contribution in [0, 0.1) is 11.3 Å². The van der Waals surface area contributed by atoms with Gasteiger partial charge in [-0.05, 0) is 37.0 Å². The van der Waals surface area contributed by atoms with E-state index in [2.05, 4.69) is 27.7 Å². The fourth-order valence-corrected chi connectivity index (χ4v) is 2.69. The second-order valence-corrected chi connectivity index (χ2v) is 5.55. The van der Waals surface area contributed by atoms with Gasteiger partial charge < -0.3 is 0 Å². The van der Waals surface area contributed by atoms with Gasteiger partial charge in [-0.2, -0.15) is 0 Å². The second-order valence-electron chi connectivity index (χ2n) is 5.55. The molecule has 0 bridgehead atoms. The molecule has 0 N–H and O–H groups in total. The summed E-state index contributed by atoms with van der Waals surface area (Å²) < 4.78 is 14.3. The third-order valence-electron chi connectivity index (χ3n) is 3.62. The van der Waals surface area contributed by atoms with E-state index in [0.717, 1.165) is 32.1 Å². The van der Waals surface area contributed by atoms with E-state index in [0.29, 0.717) is 5.41 Å². The molecule has 0 aromatic carbocycles. The Morgan fingerprint density at radius 1 is 1.31 bits per heavy atom. The molecule has 0 radical (unpaired) electrons. The Hall–Kier alpha value is -0.0700. The van der Waals surface area contributed by atoms with Gasteiger partial charge in [0.05, 0.1) is 0 Å². The summed E-state index contributed by atoms with van der Waals surface area (Å²) in [6.07, 6.45) is 4.60. The van der Waals surface area contributed by atoms with E-state index in [9.17, 15) is 4.39 Å². The molecular weight excluding hydrogens is 163 g/mol. The molecule has 1 fully saturated rings. The third-order valence-corrected chi connectivity index (χ3v) is 3.62. The predicted molar refractivity (Wildman–Crippen MR) is 55.5 cm³/mol. The molecule has 0 saturated heterocycles. The van der Waals surface area contributed by atoms with Crippen molar-refractivity contribution in [3.8, 4) is 0 Å². The van der Waals surface area contributed by atoms with Gasteiger partial charge in [0.25, 0.3) is 0 Å². The molecule has 0 amide bonds. The van der Waals surface area contributed by atoms with E-state index < -0.39 is 5.67 Å². The number of halogens is 1. The summed E-state index contributed by atoms with van der Waals surface area (Å²) in [5.74, 6) is 0.246. The van der Waals surface area contributed by atoms with E-state index in [1.54, 1.807) is 0 Å². The summed E-state index contributed by atoms with van der Waals surface area (Å²) in [5.41, 5.74) is -0.493. The van der Waals surface area contributed by atoms with Crippen molar-refractivity contribution >= 4 is 0 Å². The lowest BCUT2D eigenvalue weighted by molar-refractivity contribution is -0.00748. The molecule has 1 rings (SSSR count). The zero-order valence-corrected chi connectivity index (χ0v) is 9.49. The maximum Gasteiger partial charge on any atom is 0.113 e. The summed E-state index contributed by atoms with van der Waals surface area (Å²) in [6, 6.07) is 0. The first-order valence-electron chi connectivity index (χ1n) is 5.58. The minimum absolute atomic E-state index is 0.246. The van der Waals surface area contributed by atoms with Gasteiger partial charge in [-0.15, -0.1) is 0 Å². The SMILES string of the molecule is CCCC1(F)CCC(C)(C)CC1C. The van der Waals surface area contributed by atoms with Crippen molar-refractivity contribution in [3.05, 3.63) is 0 Å². The fraction of sp³-hybridized carbons (Fsp3) is 1.00. The van der Waals surface area contributed by atoms with Crippen LogP contribution in [0.4, 0.5) is 4.39 Å². The highest BCUT2D eigenvalue weighted by molar-refractivity contribution is 4.93. The summed E-state index contributed by atoms with van der Waals surface area (Å²) >= 11 is 0. The lowest BCUT2D eigenvalue weighted by atomic mass is 9.65. The van der Waals surface area contributed by atoms with Crippen molar-refractivity contribution in [2.45, 2.75) is 65.5 Å².